The molecule has 0 amide bonds. The fourth-order valence-electron chi connectivity index (χ4n) is 1.91. The molecule has 3 nitrogen and oxygen atoms in total. The first-order valence-electron chi connectivity index (χ1n) is 7.15. The molecule has 0 spiro atoms. The van der Waals surface area contributed by atoms with Crippen LogP contribution < -0.4 is 11.5 Å². The molecule has 0 aromatic heterocycles. The molecule has 4 N–H and O–H groups in total. The topological polar surface area (TPSA) is 69.1 Å². The predicted octanol–water partition coefficient (Wildman–Crippen LogP) is 3.11. The molecule has 0 rings (SSSR count). The molecule has 0 saturated carbocycles. The summed E-state index contributed by atoms with van der Waals surface area (Å²) in [4.78, 5) is 11.8. The van der Waals surface area contributed by atoms with Crippen LogP contribution in [0.1, 0.15) is 78.1 Å². The SMILES string of the molecule is CCCCCCCCC(=O)C(N)(N)CCCC. The first-order chi connectivity index (χ1) is 8.04. The van der Waals surface area contributed by atoms with Crippen molar-refractivity contribution >= 4 is 5.78 Å². The van der Waals surface area contributed by atoms with Gasteiger partial charge >= 0.3 is 0 Å². The molecule has 102 valence electrons. The largest absolute Gasteiger partial charge is 0.307 e. The second kappa shape index (κ2) is 9.60. The van der Waals surface area contributed by atoms with Crippen molar-refractivity contribution in [1.82, 2.24) is 0 Å². The van der Waals surface area contributed by atoms with Crippen molar-refractivity contribution < 1.29 is 4.79 Å². The van der Waals surface area contributed by atoms with Gasteiger partial charge in [-0.2, -0.15) is 0 Å². The number of hydrogen-bond acceptors (Lipinski definition) is 3. The van der Waals surface area contributed by atoms with E-state index < -0.39 is 5.66 Å². The van der Waals surface area contributed by atoms with E-state index in [9.17, 15) is 4.79 Å². The van der Waals surface area contributed by atoms with Crippen LogP contribution >= 0.6 is 0 Å². The van der Waals surface area contributed by atoms with Gasteiger partial charge in [0, 0.05) is 6.42 Å². The van der Waals surface area contributed by atoms with Gasteiger partial charge < -0.3 is 11.5 Å². The Morgan fingerprint density at radius 1 is 0.882 bits per heavy atom. The lowest BCUT2D eigenvalue weighted by Gasteiger charge is -2.22. The number of unbranched alkanes of at least 4 members (excludes halogenated alkanes) is 6. The standard InChI is InChI=1S/C14H30N2O/c1-3-5-7-8-9-10-11-13(17)14(15,16)12-6-4-2/h3-12,15-16H2,1-2H3. The van der Waals surface area contributed by atoms with Crippen LogP contribution in [0.3, 0.4) is 0 Å². The second-order valence-corrected chi connectivity index (χ2v) is 5.08. The normalized spacial score (nSPS) is 11.8. The fourth-order valence-corrected chi connectivity index (χ4v) is 1.91. The van der Waals surface area contributed by atoms with Crippen LogP contribution in [-0.2, 0) is 4.79 Å². The third-order valence-electron chi connectivity index (χ3n) is 3.22. The Bertz CT molecular complexity index is 202. The zero-order valence-electron chi connectivity index (χ0n) is 11.6. The van der Waals surface area contributed by atoms with Gasteiger partial charge in [0.15, 0.2) is 5.78 Å². The van der Waals surface area contributed by atoms with E-state index in [1.807, 2.05) is 0 Å². The first kappa shape index (κ1) is 16.6. The molecule has 0 saturated heterocycles. The number of carbonyl (C=O) groups is 1. The summed E-state index contributed by atoms with van der Waals surface area (Å²) in [5.41, 5.74) is 10.6. The van der Waals surface area contributed by atoms with Gasteiger partial charge in [-0.25, -0.2) is 0 Å². The third-order valence-corrected chi connectivity index (χ3v) is 3.22. The van der Waals surface area contributed by atoms with E-state index >= 15 is 0 Å². The monoisotopic (exact) mass is 242 g/mol. The van der Waals surface area contributed by atoms with E-state index in [-0.39, 0.29) is 5.78 Å². The third kappa shape index (κ3) is 8.33. The van der Waals surface area contributed by atoms with Gasteiger partial charge in [-0.3, -0.25) is 4.79 Å². The summed E-state index contributed by atoms with van der Waals surface area (Å²) in [6.45, 7) is 4.28. The molecule has 0 aromatic carbocycles. The van der Waals surface area contributed by atoms with Gasteiger partial charge in [0.2, 0.25) is 0 Å². The zero-order valence-corrected chi connectivity index (χ0v) is 11.6. The summed E-state index contributed by atoms with van der Waals surface area (Å²) >= 11 is 0. The highest BCUT2D eigenvalue weighted by Crippen LogP contribution is 2.12. The van der Waals surface area contributed by atoms with Crippen LogP contribution in [0.5, 0.6) is 0 Å². The molecule has 0 heterocycles. The van der Waals surface area contributed by atoms with Gasteiger partial charge in [0.25, 0.3) is 0 Å². The van der Waals surface area contributed by atoms with Gasteiger partial charge in [-0.05, 0) is 12.8 Å². The maximum Gasteiger partial charge on any atom is 0.166 e. The van der Waals surface area contributed by atoms with Crippen LogP contribution in [-0.4, -0.2) is 11.4 Å². The Hall–Kier alpha value is -0.410. The van der Waals surface area contributed by atoms with E-state index in [1.54, 1.807) is 0 Å². The van der Waals surface area contributed by atoms with Crippen molar-refractivity contribution in [3.05, 3.63) is 0 Å². The van der Waals surface area contributed by atoms with Crippen molar-refractivity contribution in [1.29, 1.82) is 0 Å². The number of Topliss-reactive ketones (excluding diaryl/α,β-unsaturated/α-hetero) is 1. The number of hydrogen-bond donors (Lipinski definition) is 2. The van der Waals surface area contributed by atoms with Crippen molar-refractivity contribution in [2.24, 2.45) is 11.5 Å². The summed E-state index contributed by atoms with van der Waals surface area (Å²) < 4.78 is 0. The average Bonchev–Trinajstić information content (AvgIpc) is 2.30. The van der Waals surface area contributed by atoms with Gasteiger partial charge in [0.05, 0.1) is 0 Å². The molecular weight excluding hydrogens is 212 g/mol. The lowest BCUT2D eigenvalue weighted by molar-refractivity contribution is -0.124. The van der Waals surface area contributed by atoms with Crippen LogP contribution in [0.2, 0.25) is 0 Å². The Balaban J connectivity index is 3.62. The summed E-state index contributed by atoms with van der Waals surface area (Å²) in [5.74, 6) is 0.0291. The smallest absolute Gasteiger partial charge is 0.166 e. The molecular formula is C14H30N2O. The minimum atomic E-state index is -1.08. The van der Waals surface area contributed by atoms with Crippen molar-refractivity contribution in [2.75, 3.05) is 0 Å². The van der Waals surface area contributed by atoms with Gasteiger partial charge in [-0.15, -0.1) is 0 Å². The molecule has 0 radical (unpaired) electrons. The van der Waals surface area contributed by atoms with Gasteiger partial charge in [0.1, 0.15) is 5.66 Å². The van der Waals surface area contributed by atoms with Crippen LogP contribution in [0, 0.1) is 0 Å². The molecule has 0 atom stereocenters. The highest BCUT2D eigenvalue weighted by atomic mass is 16.1. The molecule has 0 fully saturated rings. The molecule has 0 aliphatic rings. The Morgan fingerprint density at radius 3 is 2.00 bits per heavy atom. The van der Waals surface area contributed by atoms with Crippen LogP contribution in [0.15, 0.2) is 0 Å². The minimum Gasteiger partial charge on any atom is -0.307 e. The average molecular weight is 242 g/mol. The molecule has 0 aliphatic carbocycles. The molecule has 17 heavy (non-hydrogen) atoms. The van der Waals surface area contributed by atoms with E-state index in [2.05, 4.69) is 13.8 Å². The number of ketones is 1. The fraction of sp³-hybridized carbons (Fsp3) is 0.929. The summed E-state index contributed by atoms with van der Waals surface area (Å²) in [6, 6.07) is 0. The van der Waals surface area contributed by atoms with Crippen LogP contribution in [0.25, 0.3) is 0 Å². The summed E-state index contributed by atoms with van der Waals surface area (Å²) in [6.07, 6.45) is 10.2. The van der Waals surface area contributed by atoms with Crippen molar-refractivity contribution in [3.63, 3.8) is 0 Å². The Labute approximate surface area is 106 Å². The first-order valence-corrected chi connectivity index (χ1v) is 7.15. The minimum absolute atomic E-state index is 0.0291. The molecule has 0 aliphatic heterocycles. The summed E-state index contributed by atoms with van der Waals surface area (Å²) in [7, 11) is 0. The Kier molecular flexibility index (Phi) is 9.37. The highest BCUT2D eigenvalue weighted by molar-refractivity contribution is 5.87. The van der Waals surface area contributed by atoms with Crippen molar-refractivity contribution in [2.45, 2.75) is 83.7 Å². The summed E-state index contributed by atoms with van der Waals surface area (Å²) in [5, 5.41) is 0. The lowest BCUT2D eigenvalue weighted by Crippen LogP contribution is -2.56. The second-order valence-electron chi connectivity index (χ2n) is 5.08. The van der Waals surface area contributed by atoms with E-state index in [0.717, 1.165) is 25.7 Å². The number of rotatable bonds is 11. The quantitative estimate of drug-likeness (QED) is 0.432. The van der Waals surface area contributed by atoms with Crippen LogP contribution in [0.4, 0.5) is 0 Å². The number of carbonyl (C=O) groups excluding carboxylic acids is 1. The molecule has 0 unspecified atom stereocenters. The predicted molar refractivity (Wildman–Crippen MR) is 73.6 cm³/mol. The maximum absolute atomic E-state index is 11.8. The Morgan fingerprint density at radius 2 is 1.41 bits per heavy atom. The van der Waals surface area contributed by atoms with E-state index in [0.29, 0.717) is 12.8 Å². The molecule has 0 bridgehead atoms. The van der Waals surface area contributed by atoms with Gasteiger partial charge in [-0.1, -0.05) is 58.8 Å². The van der Waals surface area contributed by atoms with E-state index in [1.165, 1.54) is 25.7 Å². The van der Waals surface area contributed by atoms with Crippen molar-refractivity contribution in [3.8, 4) is 0 Å². The maximum atomic E-state index is 11.8. The van der Waals surface area contributed by atoms with E-state index in [4.69, 9.17) is 11.5 Å². The highest BCUT2D eigenvalue weighted by Gasteiger charge is 2.26. The lowest BCUT2D eigenvalue weighted by atomic mass is 9.95. The molecule has 3 heteroatoms. The zero-order chi connectivity index (χ0) is 13.1. The molecule has 0 aromatic rings. The number of nitrogens with two attached hydrogens (primary N) is 2.